The van der Waals surface area contributed by atoms with Gasteiger partial charge in [0, 0.05) is 23.3 Å². The predicted octanol–water partition coefficient (Wildman–Crippen LogP) is 2.17. The van der Waals surface area contributed by atoms with Crippen LogP contribution in [-0.4, -0.2) is 10.8 Å². The summed E-state index contributed by atoms with van der Waals surface area (Å²) in [6.07, 6.45) is 2.68. The van der Waals surface area contributed by atoms with Gasteiger partial charge in [0.2, 0.25) is 0 Å². The fourth-order valence-corrected chi connectivity index (χ4v) is 1.88. The van der Waals surface area contributed by atoms with Crippen molar-refractivity contribution in [1.82, 2.24) is 5.43 Å². The highest BCUT2D eigenvalue weighted by Gasteiger charge is 2.16. The summed E-state index contributed by atoms with van der Waals surface area (Å²) in [5.74, 6) is 5.43. The molecule has 0 aliphatic rings. The molecule has 1 aromatic carbocycles. The maximum atomic E-state index is 11.0. The van der Waals surface area contributed by atoms with E-state index in [-0.39, 0.29) is 5.69 Å². The van der Waals surface area contributed by atoms with Crippen molar-refractivity contribution in [2.24, 2.45) is 5.84 Å². The van der Waals surface area contributed by atoms with Gasteiger partial charge < -0.3 is 4.42 Å². The monoisotopic (exact) mass is 287 g/mol. The molecule has 2 rings (SSSR count). The molecular weight excluding hydrogens is 274 g/mol. The van der Waals surface area contributed by atoms with Gasteiger partial charge >= 0.3 is 0 Å². The number of nitro groups is 1. The first kappa shape index (κ1) is 14.5. The first-order valence-electron chi connectivity index (χ1n) is 6.06. The largest absolute Gasteiger partial charge is 0.457 e. The number of furan rings is 1. The number of nitro benzene ring substituents is 1. The van der Waals surface area contributed by atoms with Crippen molar-refractivity contribution < 1.29 is 14.1 Å². The van der Waals surface area contributed by atoms with E-state index in [2.05, 4.69) is 0 Å². The summed E-state index contributed by atoms with van der Waals surface area (Å²) in [6.45, 7) is 1.66. The van der Waals surface area contributed by atoms with E-state index >= 15 is 0 Å². The number of nitrogens with zero attached hydrogens (tertiary/aromatic N) is 1. The molecule has 0 bridgehead atoms. The van der Waals surface area contributed by atoms with E-state index in [4.69, 9.17) is 10.3 Å². The Morgan fingerprint density at radius 3 is 2.81 bits per heavy atom. The first-order chi connectivity index (χ1) is 10.0. The van der Waals surface area contributed by atoms with Crippen molar-refractivity contribution in [3.8, 4) is 11.3 Å². The molecule has 0 saturated heterocycles. The van der Waals surface area contributed by atoms with Crippen LogP contribution in [-0.2, 0) is 4.79 Å². The van der Waals surface area contributed by atoms with E-state index in [0.717, 1.165) is 0 Å². The molecule has 2 aromatic rings. The van der Waals surface area contributed by atoms with Crippen molar-refractivity contribution in [2.75, 3.05) is 0 Å². The summed E-state index contributed by atoms with van der Waals surface area (Å²) in [6, 6.07) is 8.12. The van der Waals surface area contributed by atoms with Crippen molar-refractivity contribution >= 4 is 17.7 Å². The second-order valence-electron chi connectivity index (χ2n) is 4.25. The SMILES string of the molecule is Cc1c(-c2ccc(/C=C/C(=O)NN)o2)cccc1[N+](=O)[O-]. The third kappa shape index (κ3) is 3.15. The van der Waals surface area contributed by atoms with Crippen LogP contribution in [0.25, 0.3) is 17.4 Å². The Morgan fingerprint density at radius 1 is 1.38 bits per heavy atom. The number of rotatable bonds is 4. The van der Waals surface area contributed by atoms with Gasteiger partial charge in [-0.1, -0.05) is 12.1 Å². The Labute approximate surface area is 120 Å². The van der Waals surface area contributed by atoms with Crippen LogP contribution in [0.2, 0.25) is 0 Å². The van der Waals surface area contributed by atoms with Gasteiger partial charge in [-0.15, -0.1) is 0 Å². The maximum Gasteiger partial charge on any atom is 0.273 e. The third-order valence-electron chi connectivity index (χ3n) is 2.94. The number of hydrogen-bond donors (Lipinski definition) is 2. The average Bonchev–Trinajstić information content (AvgIpc) is 2.93. The number of carbonyl (C=O) groups is 1. The van der Waals surface area contributed by atoms with Crippen LogP contribution in [0.3, 0.4) is 0 Å². The van der Waals surface area contributed by atoms with Crippen LogP contribution in [0.15, 0.2) is 40.8 Å². The number of carbonyl (C=O) groups excluding carboxylic acids is 1. The van der Waals surface area contributed by atoms with Crippen LogP contribution in [0.1, 0.15) is 11.3 Å². The molecule has 0 fully saturated rings. The standard InChI is InChI=1S/C14H13N3O4/c1-9-11(3-2-4-12(9)17(19)20)13-7-5-10(21-13)6-8-14(18)16-15/h2-8H,15H2,1H3,(H,16,18)/b8-6+. The molecule has 7 heteroatoms. The lowest BCUT2D eigenvalue weighted by Gasteiger charge is -2.03. The van der Waals surface area contributed by atoms with E-state index < -0.39 is 10.8 Å². The zero-order valence-electron chi connectivity index (χ0n) is 11.2. The van der Waals surface area contributed by atoms with Gasteiger partial charge in [0.15, 0.2) is 0 Å². The number of amides is 1. The van der Waals surface area contributed by atoms with E-state index in [1.54, 1.807) is 31.2 Å². The molecule has 3 N–H and O–H groups in total. The molecule has 1 heterocycles. The Balaban J connectivity index is 2.34. The second kappa shape index (κ2) is 6.02. The van der Waals surface area contributed by atoms with Crippen molar-refractivity contribution in [2.45, 2.75) is 6.92 Å². The van der Waals surface area contributed by atoms with Crippen LogP contribution < -0.4 is 11.3 Å². The lowest BCUT2D eigenvalue weighted by Crippen LogP contribution is -2.27. The molecule has 0 radical (unpaired) electrons. The highest BCUT2D eigenvalue weighted by Crippen LogP contribution is 2.31. The lowest BCUT2D eigenvalue weighted by atomic mass is 10.1. The van der Waals surface area contributed by atoms with Gasteiger partial charge in [-0.2, -0.15) is 0 Å². The summed E-state index contributed by atoms with van der Waals surface area (Å²) in [4.78, 5) is 21.5. The Kier molecular flexibility index (Phi) is 4.15. The van der Waals surface area contributed by atoms with Gasteiger partial charge in [-0.3, -0.25) is 20.3 Å². The molecule has 21 heavy (non-hydrogen) atoms. The smallest absolute Gasteiger partial charge is 0.273 e. The number of nitrogens with two attached hydrogens (primary N) is 1. The van der Waals surface area contributed by atoms with Gasteiger partial charge in [0.05, 0.1) is 4.92 Å². The molecule has 7 nitrogen and oxygen atoms in total. The molecule has 0 atom stereocenters. The van der Waals surface area contributed by atoms with Crippen LogP contribution >= 0.6 is 0 Å². The van der Waals surface area contributed by atoms with Gasteiger partial charge in [-0.05, 0) is 25.1 Å². The zero-order chi connectivity index (χ0) is 15.4. The fourth-order valence-electron chi connectivity index (χ4n) is 1.88. The molecule has 0 saturated carbocycles. The first-order valence-corrected chi connectivity index (χ1v) is 6.06. The minimum absolute atomic E-state index is 0.0310. The zero-order valence-corrected chi connectivity index (χ0v) is 11.2. The molecule has 0 spiro atoms. The summed E-state index contributed by atoms with van der Waals surface area (Å²) in [7, 11) is 0. The topological polar surface area (TPSA) is 111 Å². The molecular formula is C14H13N3O4. The van der Waals surface area contributed by atoms with E-state index in [1.165, 1.54) is 18.2 Å². The lowest BCUT2D eigenvalue weighted by molar-refractivity contribution is -0.385. The van der Waals surface area contributed by atoms with E-state index in [9.17, 15) is 14.9 Å². The maximum absolute atomic E-state index is 11.0. The van der Waals surface area contributed by atoms with E-state index in [1.807, 2.05) is 5.43 Å². The summed E-state index contributed by atoms with van der Waals surface area (Å²) in [5, 5.41) is 10.9. The minimum atomic E-state index is -0.459. The predicted molar refractivity (Wildman–Crippen MR) is 76.9 cm³/mol. The van der Waals surface area contributed by atoms with Gasteiger partial charge in [-0.25, -0.2) is 5.84 Å². The van der Waals surface area contributed by atoms with E-state index in [0.29, 0.717) is 22.6 Å². The van der Waals surface area contributed by atoms with Gasteiger partial charge in [0.25, 0.3) is 11.6 Å². The molecule has 0 aliphatic heterocycles. The molecule has 0 unspecified atom stereocenters. The molecule has 0 aliphatic carbocycles. The summed E-state index contributed by atoms with van der Waals surface area (Å²) < 4.78 is 5.55. The number of hydrogen-bond acceptors (Lipinski definition) is 5. The third-order valence-corrected chi connectivity index (χ3v) is 2.94. The molecule has 1 aromatic heterocycles. The van der Waals surface area contributed by atoms with Gasteiger partial charge in [0.1, 0.15) is 11.5 Å². The highest BCUT2D eigenvalue weighted by molar-refractivity contribution is 5.90. The fraction of sp³-hybridized carbons (Fsp3) is 0.0714. The molecule has 108 valence electrons. The minimum Gasteiger partial charge on any atom is -0.457 e. The highest BCUT2D eigenvalue weighted by atomic mass is 16.6. The Bertz CT molecular complexity index is 719. The van der Waals surface area contributed by atoms with Crippen molar-refractivity contribution in [1.29, 1.82) is 0 Å². The summed E-state index contributed by atoms with van der Waals surface area (Å²) in [5.41, 5.74) is 3.14. The second-order valence-corrected chi connectivity index (χ2v) is 4.25. The number of benzene rings is 1. The van der Waals surface area contributed by atoms with Crippen molar-refractivity contribution in [3.63, 3.8) is 0 Å². The van der Waals surface area contributed by atoms with Crippen LogP contribution in [0.4, 0.5) is 5.69 Å². The molecule has 1 amide bonds. The quantitative estimate of drug-likeness (QED) is 0.294. The summed E-state index contributed by atoms with van der Waals surface area (Å²) >= 11 is 0. The Hall–Kier alpha value is -2.93. The van der Waals surface area contributed by atoms with Crippen LogP contribution in [0, 0.1) is 17.0 Å². The Morgan fingerprint density at radius 2 is 2.14 bits per heavy atom. The number of nitrogens with one attached hydrogen (secondary N) is 1. The number of hydrazine groups is 1. The van der Waals surface area contributed by atoms with Crippen molar-refractivity contribution in [3.05, 3.63) is 57.8 Å². The normalized spacial score (nSPS) is 10.8. The average molecular weight is 287 g/mol. The van der Waals surface area contributed by atoms with Crippen LogP contribution in [0.5, 0.6) is 0 Å².